The molecule has 124 valence electrons. The molecule has 6 heteroatoms. The minimum absolute atomic E-state index is 0.0583. The molecule has 2 aromatic rings. The number of hydrazone groups is 1. The van der Waals surface area contributed by atoms with E-state index >= 15 is 0 Å². The number of carbonyl (C=O) groups excluding carboxylic acids is 1. The van der Waals surface area contributed by atoms with E-state index in [2.05, 4.69) is 15.5 Å². The van der Waals surface area contributed by atoms with Crippen molar-refractivity contribution in [2.24, 2.45) is 5.10 Å². The number of amides is 1. The monoisotopic (exact) mass is 325 g/mol. The van der Waals surface area contributed by atoms with Gasteiger partial charge in [-0.3, -0.25) is 14.6 Å². The van der Waals surface area contributed by atoms with Crippen molar-refractivity contribution in [3.05, 3.63) is 65.0 Å². The molecule has 24 heavy (non-hydrogen) atoms. The van der Waals surface area contributed by atoms with Gasteiger partial charge in [0.2, 0.25) is 0 Å². The number of aliphatic carboxylic acids is 1. The van der Waals surface area contributed by atoms with E-state index in [9.17, 15) is 9.59 Å². The summed E-state index contributed by atoms with van der Waals surface area (Å²) in [5.74, 6) is -1.28. The minimum Gasteiger partial charge on any atom is -0.481 e. The van der Waals surface area contributed by atoms with Crippen LogP contribution in [0.2, 0.25) is 0 Å². The fraction of sp³-hybridized carbons (Fsp3) is 0.222. The Morgan fingerprint density at radius 2 is 1.83 bits per heavy atom. The first-order chi connectivity index (χ1) is 11.5. The zero-order valence-electron chi connectivity index (χ0n) is 13.6. The van der Waals surface area contributed by atoms with E-state index < -0.39 is 5.97 Å². The van der Waals surface area contributed by atoms with Crippen molar-refractivity contribution >= 4 is 17.6 Å². The summed E-state index contributed by atoms with van der Waals surface area (Å²) in [5.41, 5.74) is 6.39. The summed E-state index contributed by atoms with van der Waals surface area (Å²) in [7, 11) is 0. The third-order valence-corrected chi connectivity index (χ3v) is 3.50. The molecular formula is C18H19N3O3. The number of carboxylic acid groups (broad SMARTS) is 1. The van der Waals surface area contributed by atoms with E-state index in [1.54, 1.807) is 12.1 Å². The quantitative estimate of drug-likeness (QED) is 0.631. The van der Waals surface area contributed by atoms with Crippen molar-refractivity contribution in [1.29, 1.82) is 0 Å². The normalized spacial score (nSPS) is 11.2. The molecule has 1 amide bonds. The van der Waals surface area contributed by atoms with Crippen molar-refractivity contribution in [3.8, 4) is 0 Å². The van der Waals surface area contributed by atoms with Crippen LogP contribution in [0.3, 0.4) is 0 Å². The van der Waals surface area contributed by atoms with E-state index in [0.717, 1.165) is 16.7 Å². The maximum Gasteiger partial charge on any atom is 0.303 e. The molecule has 6 nitrogen and oxygen atoms in total. The maximum atomic E-state index is 12.1. The fourth-order valence-corrected chi connectivity index (χ4v) is 2.30. The number of aromatic nitrogens is 1. The van der Waals surface area contributed by atoms with Crippen LogP contribution in [0.15, 0.2) is 47.8 Å². The lowest BCUT2D eigenvalue weighted by Crippen LogP contribution is -2.21. The number of rotatable bonds is 6. The molecule has 1 heterocycles. The Kier molecular flexibility index (Phi) is 5.78. The van der Waals surface area contributed by atoms with Gasteiger partial charge >= 0.3 is 5.97 Å². The predicted octanol–water partition coefficient (Wildman–Crippen LogP) is 2.70. The molecule has 0 aliphatic rings. The predicted molar refractivity (Wildman–Crippen MR) is 91.0 cm³/mol. The highest BCUT2D eigenvalue weighted by Crippen LogP contribution is 2.14. The highest BCUT2D eigenvalue weighted by molar-refractivity contribution is 6.04. The first-order valence-electron chi connectivity index (χ1n) is 7.53. The molecule has 0 radical (unpaired) electrons. The molecule has 1 aromatic carbocycles. The summed E-state index contributed by atoms with van der Waals surface area (Å²) in [5, 5.41) is 13.1. The van der Waals surface area contributed by atoms with Crippen molar-refractivity contribution in [3.63, 3.8) is 0 Å². The van der Waals surface area contributed by atoms with Gasteiger partial charge in [0, 0.05) is 29.9 Å². The second kappa shape index (κ2) is 8.01. The lowest BCUT2D eigenvalue weighted by molar-refractivity contribution is -0.136. The van der Waals surface area contributed by atoms with Crippen LogP contribution in [0, 0.1) is 13.8 Å². The Labute approximate surface area is 140 Å². The van der Waals surface area contributed by atoms with Crippen LogP contribution in [0.5, 0.6) is 0 Å². The van der Waals surface area contributed by atoms with Gasteiger partial charge in [0.1, 0.15) is 0 Å². The average Bonchev–Trinajstić information content (AvgIpc) is 2.56. The standard InChI is InChI=1S/C18H19N3O3/c1-12-3-4-15(13(2)11-12)16(5-6-17(22)23)20-21-18(24)14-7-9-19-10-8-14/h3-4,7-11H,5-6H2,1-2H3,(H,21,24)(H,22,23)/b20-16+. The second-order valence-electron chi connectivity index (χ2n) is 5.45. The van der Waals surface area contributed by atoms with Gasteiger partial charge < -0.3 is 5.11 Å². The van der Waals surface area contributed by atoms with Crippen molar-refractivity contribution in [1.82, 2.24) is 10.4 Å². The number of hydrogen-bond acceptors (Lipinski definition) is 4. The van der Waals surface area contributed by atoms with Gasteiger partial charge in [-0.05, 0) is 31.5 Å². The van der Waals surface area contributed by atoms with E-state index in [0.29, 0.717) is 11.3 Å². The Morgan fingerprint density at radius 1 is 1.12 bits per heavy atom. The highest BCUT2D eigenvalue weighted by Gasteiger charge is 2.11. The molecule has 0 atom stereocenters. The summed E-state index contributed by atoms with van der Waals surface area (Å²) in [6, 6.07) is 8.99. The van der Waals surface area contributed by atoms with Crippen LogP contribution in [0.25, 0.3) is 0 Å². The first kappa shape index (κ1) is 17.3. The Balaban J connectivity index is 2.25. The molecule has 0 bridgehead atoms. The zero-order valence-corrected chi connectivity index (χ0v) is 13.6. The Morgan fingerprint density at radius 3 is 2.46 bits per heavy atom. The largest absolute Gasteiger partial charge is 0.481 e. The van der Waals surface area contributed by atoms with Crippen molar-refractivity contribution in [2.75, 3.05) is 0 Å². The molecule has 0 fully saturated rings. The Hall–Kier alpha value is -3.02. The Bertz CT molecular complexity index is 770. The highest BCUT2D eigenvalue weighted by atomic mass is 16.4. The number of carbonyl (C=O) groups is 2. The third-order valence-electron chi connectivity index (χ3n) is 3.50. The number of hydrogen-bond donors (Lipinski definition) is 2. The molecule has 0 saturated heterocycles. The molecule has 2 N–H and O–H groups in total. The van der Waals surface area contributed by atoms with Crippen LogP contribution < -0.4 is 5.43 Å². The molecule has 1 aromatic heterocycles. The third kappa shape index (κ3) is 4.74. The van der Waals surface area contributed by atoms with E-state index in [4.69, 9.17) is 5.11 Å². The number of nitrogens with zero attached hydrogens (tertiary/aromatic N) is 2. The summed E-state index contributed by atoms with van der Waals surface area (Å²) in [6.45, 7) is 3.92. The number of carboxylic acids is 1. The SMILES string of the molecule is Cc1ccc(/C(CCC(=O)O)=N/NC(=O)c2ccncc2)c(C)c1. The number of nitrogens with one attached hydrogen (secondary N) is 1. The van der Waals surface area contributed by atoms with Gasteiger partial charge in [-0.1, -0.05) is 23.8 Å². The zero-order chi connectivity index (χ0) is 17.5. The van der Waals surface area contributed by atoms with Crippen molar-refractivity contribution in [2.45, 2.75) is 26.7 Å². The average molecular weight is 325 g/mol. The number of aryl methyl sites for hydroxylation is 2. The topological polar surface area (TPSA) is 91.6 Å². The summed E-state index contributed by atoms with van der Waals surface area (Å²) in [4.78, 5) is 26.8. The van der Waals surface area contributed by atoms with E-state index in [-0.39, 0.29) is 18.7 Å². The van der Waals surface area contributed by atoms with Gasteiger partial charge in [-0.15, -0.1) is 0 Å². The van der Waals surface area contributed by atoms with Crippen LogP contribution in [-0.2, 0) is 4.79 Å². The lowest BCUT2D eigenvalue weighted by atomic mass is 9.99. The van der Waals surface area contributed by atoms with Gasteiger partial charge in [0.15, 0.2) is 0 Å². The first-order valence-corrected chi connectivity index (χ1v) is 7.53. The number of pyridine rings is 1. The molecule has 0 aliphatic carbocycles. The van der Waals surface area contributed by atoms with Gasteiger partial charge in [0.25, 0.3) is 5.91 Å². The summed E-state index contributed by atoms with van der Waals surface area (Å²) in [6.07, 6.45) is 3.22. The molecule has 0 saturated carbocycles. The van der Waals surface area contributed by atoms with E-state index in [1.807, 2.05) is 32.0 Å². The number of benzene rings is 1. The molecular weight excluding hydrogens is 306 g/mol. The van der Waals surface area contributed by atoms with Gasteiger partial charge in [-0.2, -0.15) is 5.10 Å². The summed E-state index contributed by atoms with van der Waals surface area (Å²) >= 11 is 0. The lowest BCUT2D eigenvalue weighted by Gasteiger charge is -2.10. The van der Waals surface area contributed by atoms with Crippen LogP contribution in [0.1, 0.15) is 39.9 Å². The minimum atomic E-state index is -0.909. The van der Waals surface area contributed by atoms with Crippen molar-refractivity contribution < 1.29 is 14.7 Å². The fourth-order valence-electron chi connectivity index (χ4n) is 2.30. The maximum absolute atomic E-state index is 12.1. The van der Waals surface area contributed by atoms with Gasteiger partial charge in [-0.25, -0.2) is 5.43 Å². The molecule has 2 rings (SSSR count). The second-order valence-corrected chi connectivity index (χ2v) is 5.45. The summed E-state index contributed by atoms with van der Waals surface area (Å²) < 4.78 is 0. The molecule has 0 aliphatic heterocycles. The van der Waals surface area contributed by atoms with Gasteiger partial charge in [0.05, 0.1) is 12.1 Å². The molecule has 0 spiro atoms. The molecule has 0 unspecified atom stereocenters. The van der Waals surface area contributed by atoms with E-state index in [1.165, 1.54) is 12.4 Å². The van der Waals surface area contributed by atoms with Crippen LogP contribution in [0.4, 0.5) is 0 Å². The van der Waals surface area contributed by atoms with Crippen LogP contribution >= 0.6 is 0 Å². The van der Waals surface area contributed by atoms with Crippen LogP contribution in [-0.4, -0.2) is 27.7 Å². The smallest absolute Gasteiger partial charge is 0.303 e.